The van der Waals surface area contributed by atoms with E-state index in [9.17, 15) is 79.2 Å². The Morgan fingerprint density at radius 2 is 0.831 bits per heavy atom. The van der Waals surface area contributed by atoms with Crippen molar-refractivity contribution in [2.24, 2.45) is 11.5 Å². The summed E-state index contributed by atoms with van der Waals surface area (Å²) in [6.45, 7) is 0.940. The second kappa shape index (κ2) is 32.3. The van der Waals surface area contributed by atoms with E-state index in [2.05, 4.69) is 42.5 Å². The summed E-state index contributed by atoms with van der Waals surface area (Å²) < 4.78 is 10.6. The second-order valence-corrected chi connectivity index (χ2v) is 18.7. The minimum Gasteiger partial charge on any atom is -0.504 e. The fraction of sp³-hybridized carbons (Fsp3) is 0.407. The van der Waals surface area contributed by atoms with Gasteiger partial charge < -0.3 is 104 Å². The van der Waals surface area contributed by atoms with Crippen molar-refractivity contribution >= 4 is 47.3 Å². The molecule has 8 rings (SSSR count). The van der Waals surface area contributed by atoms with E-state index >= 15 is 0 Å². The number of rotatable bonds is 21. The number of phenolic OH excluding ortho intramolecular Hbond substituents is 8. The number of amides is 8. The van der Waals surface area contributed by atoms with Crippen LogP contribution in [0.5, 0.6) is 46.0 Å². The maximum atomic E-state index is 14.0. The monoisotopic (exact) mass is 1160 g/mol. The fourth-order valence-corrected chi connectivity index (χ4v) is 8.39. The van der Waals surface area contributed by atoms with E-state index in [0.717, 1.165) is 48.5 Å². The number of carbonyl (C=O) groups is 8. The van der Waals surface area contributed by atoms with Gasteiger partial charge in [-0.25, -0.2) is 0 Å². The number of nitrogens with two attached hydrogens (primary N) is 2. The number of nitrogens with one attached hydrogen (secondary N) is 8. The molecule has 20 N–H and O–H groups in total. The van der Waals surface area contributed by atoms with Crippen LogP contribution in [-0.2, 0) is 9.47 Å². The molecule has 0 radical (unpaired) electrons. The summed E-state index contributed by atoms with van der Waals surface area (Å²) in [5.41, 5.74) is 7.87. The molecule has 29 nitrogen and oxygen atoms in total. The van der Waals surface area contributed by atoms with Crippen LogP contribution in [0, 0.1) is 0 Å². The predicted molar refractivity (Wildman–Crippen MR) is 296 cm³/mol. The molecule has 450 valence electrons. The Balaban J connectivity index is 1.38. The molecule has 0 spiro atoms. The molecule has 4 heterocycles. The maximum absolute atomic E-state index is 14.0. The van der Waals surface area contributed by atoms with Gasteiger partial charge in [0.05, 0.1) is 70.9 Å². The van der Waals surface area contributed by atoms with E-state index < -0.39 is 122 Å². The van der Waals surface area contributed by atoms with Gasteiger partial charge in [-0.2, -0.15) is 0 Å². The first-order chi connectivity index (χ1) is 39.8. The van der Waals surface area contributed by atoms with Crippen molar-refractivity contribution in [2.75, 3.05) is 105 Å². The van der Waals surface area contributed by atoms with Crippen molar-refractivity contribution in [3.05, 3.63) is 93.0 Å². The Morgan fingerprint density at radius 1 is 0.458 bits per heavy atom. The summed E-state index contributed by atoms with van der Waals surface area (Å²) in [4.78, 5) is 107. The molecule has 1 unspecified atom stereocenters. The molecule has 0 saturated carbocycles. The highest BCUT2D eigenvalue weighted by Crippen LogP contribution is 2.36. The molecule has 4 aliphatic rings. The van der Waals surface area contributed by atoms with Crippen LogP contribution in [0.4, 0.5) is 0 Å². The molecule has 1 atom stereocenters. The van der Waals surface area contributed by atoms with Gasteiger partial charge in [0.15, 0.2) is 46.0 Å². The van der Waals surface area contributed by atoms with Crippen molar-refractivity contribution in [3.63, 3.8) is 0 Å². The van der Waals surface area contributed by atoms with Crippen molar-refractivity contribution < 1.29 is 88.7 Å². The smallest absolute Gasteiger partial charge is 0.255 e. The Kier molecular flexibility index (Phi) is 25.2. The number of hydrogen-bond acceptors (Lipinski definition) is 21. The zero-order valence-corrected chi connectivity index (χ0v) is 45.3. The van der Waals surface area contributed by atoms with Gasteiger partial charge in [0, 0.05) is 84.6 Å². The topological polar surface area (TPSA) is 468 Å². The highest BCUT2D eigenvalue weighted by molar-refractivity contribution is 6.05. The lowest BCUT2D eigenvalue weighted by Gasteiger charge is -2.29. The molecule has 0 fully saturated rings. The number of phenols is 8. The molecule has 4 aromatic rings. The third kappa shape index (κ3) is 18.2. The standard InChI is InChI=1S/C54H71N11O18/c55-14-19-60-50(77)34-12-13-38(46(73)45(34)72)54(81)64-30(5-4-18-59-49(76)33-8-11-37(44(71)41(33)68)53(80)63-22-26-83-28-27-82-25-15-56)29-65-23-20-61-51(78)35-9-6-31(39(66)42(35)69)47(74)57-16-2-1-3-17-58-48(75)32-7-10-36(43(70)40(32)67)52(79)62-21-24-65/h6-13,30,66-73H,1-5,14-29,55-56H2,(H,57,74)(H,58,75)(H,59,76)(H,60,77)(H,61,78)(H,62,79)(H,63,80)(H,64,81). The van der Waals surface area contributed by atoms with Crippen molar-refractivity contribution in [3.8, 4) is 46.0 Å². The minimum absolute atomic E-state index is 0.00842. The van der Waals surface area contributed by atoms with Crippen LogP contribution in [0.3, 0.4) is 0 Å². The average molecular weight is 1160 g/mol. The van der Waals surface area contributed by atoms with Crippen LogP contribution in [-0.4, -0.2) is 204 Å². The van der Waals surface area contributed by atoms with Crippen molar-refractivity contribution in [1.82, 2.24) is 47.4 Å². The number of nitrogens with zero attached hydrogens (tertiary/aromatic N) is 1. The highest BCUT2D eigenvalue weighted by Gasteiger charge is 2.27. The summed E-state index contributed by atoms with van der Waals surface area (Å²) in [6, 6.07) is 8.05. The lowest BCUT2D eigenvalue weighted by molar-refractivity contribution is 0.0511. The highest BCUT2D eigenvalue weighted by atomic mass is 16.5. The summed E-state index contributed by atoms with van der Waals surface area (Å²) in [5, 5.41) is 107. The molecular weight excluding hydrogens is 1090 g/mol. The van der Waals surface area contributed by atoms with E-state index in [0.29, 0.717) is 39.0 Å². The van der Waals surface area contributed by atoms with Crippen LogP contribution in [0.15, 0.2) is 48.5 Å². The first kappa shape index (κ1) is 64.7. The normalized spacial score (nSPS) is 14.4. The van der Waals surface area contributed by atoms with Gasteiger partial charge >= 0.3 is 0 Å². The summed E-state index contributed by atoms with van der Waals surface area (Å²) in [7, 11) is 0. The number of aromatic hydroxyl groups is 8. The number of carbonyl (C=O) groups excluding carboxylic acids is 8. The van der Waals surface area contributed by atoms with Crippen LogP contribution in [0.25, 0.3) is 0 Å². The summed E-state index contributed by atoms with van der Waals surface area (Å²) >= 11 is 0. The molecule has 0 aliphatic carbocycles. The Morgan fingerprint density at radius 3 is 1.24 bits per heavy atom. The Bertz CT molecular complexity index is 2890. The van der Waals surface area contributed by atoms with Crippen LogP contribution < -0.4 is 54.0 Å². The van der Waals surface area contributed by atoms with Gasteiger partial charge in [0.25, 0.3) is 47.3 Å². The SMILES string of the molecule is NCCNC(=O)c1ccc(C(=O)NC(CCCNC(=O)c2ccc(C(=O)NCCOCCOCCN)c(O)c2O)CN2CCNC(=O)c3ccc(c(O)c3O)C(=O)NCCCCCNC(=O)c3ccc(c(O)c3O)C(=O)NCC2)c(O)c1O. The van der Waals surface area contributed by atoms with Gasteiger partial charge in [0.2, 0.25) is 0 Å². The Labute approximate surface area is 475 Å². The maximum Gasteiger partial charge on any atom is 0.255 e. The molecule has 8 amide bonds. The number of benzene rings is 4. The third-order valence-corrected chi connectivity index (χ3v) is 12.8. The van der Waals surface area contributed by atoms with Crippen LogP contribution in [0.1, 0.15) is 115 Å². The molecule has 83 heavy (non-hydrogen) atoms. The lowest BCUT2D eigenvalue weighted by Crippen LogP contribution is -2.48. The zero-order chi connectivity index (χ0) is 60.6. The number of ether oxygens (including phenoxy) is 2. The van der Waals surface area contributed by atoms with E-state index in [4.69, 9.17) is 20.9 Å². The molecule has 0 saturated heterocycles. The Hall–Kier alpha value is -9.16. The lowest BCUT2D eigenvalue weighted by atomic mass is 10.1. The molecule has 0 aromatic heterocycles. The van der Waals surface area contributed by atoms with Crippen LogP contribution >= 0.6 is 0 Å². The number of hydrogen-bond donors (Lipinski definition) is 18. The predicted octanol–water partition coefficient (Wildman–Crippen LogP) is -1.14. The van der Waals surface area contributed by atoms with Gasteiger partial charge in [-0.05, 0) is 80.6 Å². The van der Waals surface area contributed by atoms with Gasteiger partial charge in [0.1, 0.15) is 0 Å². The second-order valence-electron chi connectivity index (χ2n) is 18.7. The molecule has 4 aromatic carbocycles. The fourth-order valence-electron chi connectivity index (χ4n) is 8.39. The first-order valence-corrected chi connectivity index (χ1v) is 26.6. The van der Waals surface area contributed by atoms with E-state index in [1.165, 1.54) is 0 Å². The molecular formula is C54H71N11O18. The molecule has 29 heteroatoms. The summed E-state index contributed by atoms with van der Waals surface area (Å²) in [6.07, 6.45) is 1.49. The largest absolute Gasteiger partial charge is 0.504 e. The quantitative estimate of drug-likeness (QED) is 0.0346. The van der Waals surface area contributed by atoms with E-state index in [1.54, 1.807) is 4.90 Å². The average Bonchev–Trinajstić information content (AvgIpc) is 3.62. The van der Waals surface area contributed by atoms with Gasteiger partial charge in [-0.3, -0.25) is 43.3 Å². The van der Waals surface area contributed by atoms with Crippen molar-refractivity contribution in [1.29, 1.82) is 0 Å². The van der Waals surface area contributed by atoms with Gasteiger partial charge in [-0.15, -0.1) is 0 Å². The third-order valence-electron chi connectivity index (χ3n) is 12.8. The van der Waals surface area contributed by atoms with E-state index in [-0.39, 0.29) is 120 Å². The molecule has 4 aliphatic heterocycles. The van der Waals surface area contributed by atoms with Gasteiger partial charge in [-0.1, -0.05) is 0 Å². The summed E-state index contributed by atoms with van der Waals surface area (Å²) in [5.74, 6) is -13.7. The minimum atomic E-state index is -0.968. The van der Waals surface area contributed by atoms with Crippen molar-refractivity contribution in [2.45, 2.75) is 38.1 Å². The first-order valence-electron chi connectivity index (χ1n) is 26.6. The zero-order valence-electron chi connectivity index (χ0n) is 45.3. The molecule has 4 bridgehead atoms. The van der Waals surface area contributed by atoms with E-state index in [1.807, 2.05) is 0 Å². The van der Waals surface area contributed by atoms with Crippen LogP contribution in [0.2, 0.25) is 0 Å².